The van der Waals surface area contributed by atoms with E-state index < -0.39 is 0 Å². The molecule has 0 amide bonds. The van der Waals surface area contributed by atoms with Gasteiger partial charge in [-0.3, -0.25) is 4.79 Å². The van der Waals surface area contributed by atoms with Gasteiger partial charge in [0.15, 0.2) is 0 Å². The number of ketones is 1. The van der Waals surface area contributed by atoms with Crippen LogP contribution in [0.25, 0.3) is 6.08 Å². The monoisotopic (exact) mass is 400 g/mol. The predicted octanol–water partition coefficient (Wildman–Crippen LogP) is 6.34. The van der Waals surface area contributed by atoms with E-state index in [4.69, 9.17) is 4.74 Å². The summed E-state index contributed by atoms with van der Waals surface area (Å²) in [6.07, 6.45) is 10.9. The summed E-state index contributed by atoms with van der Waals surface area (Å²) >= 11 is 0. The minimum absolute atomic E-state index is 0.0267. The summed E-state index contributed by atoms with van der Waals surface area (Å²) in [4.78, 5) is 12.5. The molecule has 0 N–H and O–H groups in total. The van der Waals surface area contributed by atoms with Gasteiger partial charge in [0.2, 0.25) is 0 Å². The topological polar surface area (TPSA) is 26.3 Å². The molecule has 2 fully saturated rings. The number of ether oxygens (including phenoxy) is 1. The van der Waals surface area contributed by atoms with Crippen LogP contribution in [-0.2, 0) is 22.6 Å². The zero-order chi connectivity index (χ0) is 20.6. The Hall–Kier alpha value is -2.19. The lowest BCUT2D eigenvalue weighted by molar-refractivity contribution is -0.129. The summed E-state index contributed by atoms with van der Waals surface area (Å²) in [6.45, 7) is 3.54. The number of benzene rings is 2. The van der Waals surface area contributed by atoms with Crippen molar-refractivity contribution in [2.75, 3.05) is 6.61 Å². The molecular weight excluding hydrogens is 368 g/mol. The minimum Gasteiger partial charge on any atom is -0.373 e. The Morgan fingerprint density at radius 2 is 1.93 bits per heavy atom. The number of carbonyl (C=O) groups is 1. The molecule has 2 aromatic carbocycles. The van der Waals surface area contributed by atoms with E-state index in [-0.39, 0.29) is 5.41 Å². The van der Waals surface area contributed by atoms with Crippen molar-refractivity contribution in [3.05, 3.63) is 76.9 Å². The van der Waals surface area contributed by atoms with Crippen LogP contribution >= 0.6 is 0 Å². The maximum atomic E-state index is 12.5. The van der Waals surface area contributed by atoms with Crippen LogP contribution in [0.2, 0.25) is 0 Å². The van der Waals surface area contributed by atoms with Crippen LogP contribution in [0.15, 0.2) is 54.6 Å². The Morgan fingerprint density at radius 1 is 1.07 bits per heavy atom. The van der Waals surface area contributed by atoms with Crippen molar-refractivity contribution in [3.8, 4) is 0 Å². The van der Waals surface area contributed by atoms with Crippen molar-refractivity contribution in [2.45, 2.75) is 58.0 Å². The quantitative estimate of drug-likeness (QED) is 0.547. The third-order valence-corrected chi connectivity index (χ3v) is 8.10. The molecular formula is C28H32O2. The molecule has 0 aliphatic heterocycles. The van der Waals surface area contributed by atoms with Gasteiger partial charge in [0.1, 0.15) is 5.78 Å². The van der Waals surface area contributed by atoms with E-state index in [9.17, 15) is 4.79 Å². The second-order valence-corrected chi connectivity index (χ2v) is 9.69. The first-order valence-electron chi connectivity index (χ1n) is 11.6. The fourth-order valence-corrected chi connectivity index (χ4v) is 6.48. The van der Waals surface area contributed by atoms with Crippen LogP contribution in [0.3, 0.4) is 0 Å². The number of fused-ring (bicyclic) bond motifs is 5. The zero-order valence-electron chi connectivity index (χ0n) is 18.0. The van der Waals surface area contributed by atoms with E-state index in [0.717, 1.165) is 25.7 Å². The molecule has 2 nitrogen and oxygen atoms in total. The van der Waals surface area contributed by atoms with Crippen molar-refractivity contribution in [1.82, 2.24) is 0 Å². The number of hydrogen-bond donors (Lipinski definition) is 0. The van der Waals surface area contributed by atoms with Gasteiger partial charge < -0.3 is 4.74 Å². The standard InChI is InChI=1S/C28H32O2/c1-28-16-15-24-23-11-9-20(8-5-17-30-19-21-6-3-2-4-7-21)18-22(23)10-12-25(24)26(28)13-14-27(28)29/h2-9,11,18,24-26H,10,12-17,19H2,1H3/t24-,25-,26+,28+/m1/s1. The molecule has 0 spiro atoms. The fraction of sp³-hybridized carbons (Fsp3) is 0.464. The summed E-state index contributed by atoms with van der Waals surface area (Å²) in [5.41, 5.74) is 5.54. The van der Waals surface area contributed by atoms with Gasteiger partial charge >= 0.3 is 0 Å². The number of rotatable bonds is 5. The molecule has 30 heavy (non-hydrogen) atoms. The molecule has 4 atom stereocenters. The van der Waals surface area contributed by atoms with Gasteiger partial charge in [-0.05, 0) is 72.1 Å². The fourth-order valence-electron chi connectivity index (χ4n) is 6.48. The average molecular weight is 401 g/mol. The second-order valence-electron chi connectivity index (χ2n) is 9.69. The largest absolute Gasteiger partial charge is 0.373 e. The predicted molar refractivity (Wildman–Crippen MR) is 121 cm³/mol. The van der Waals surface area contributed by atoms with Crippen molar-refractivity contribution < 1.29 is 9.53 Å². The number of carbonyl (C=O) groups excluding carboxylic acids is 1. The molecule has 5 rings (SSSR count). The summed E-state index contributed by atoms with van der Waals surface area (Å²) < 4.78 is 5.77. The molecule has 3 aliphatic rings. The maximum Gasteiger partial charge on any atom is 0.139 e. The molecule has 0 aromatic heterocycles. The SMILES string of the molecule is C[C@]12CC[C@@H]3c4ccc(C=CCOCc5ccccc5)cc4CC[C@H]3[C@@H]1CCC2=O. The van der Waals surface area contributed by atoms with E-state index >= 15 is 0 Å². The zero-order valence-corrected chi connectivity index (χ0v) is 18.0. The van der Waals surface area contributed by atoms with E-state index in [0.29, 0.717) is 36.8 Å². The Balaban J connectivity index is 1.23. The summed E-state index contributed by atoms with van der Waals surface area (Å²) in [5, 5.41) is 0. The molecule has 0 heterocycles. The molecule has 0 saturated heterocycles. The van der Waals surface area contributed by atoms with Gasteiger partial charge in [-0.15, -0.1) is 0 Å². The Labute approximate surface area is 180 Å². The Bertz CT molecular complexity index is 944. The smallest absolute Gasteiger partial charge is 0.139 e. The van der Waals surface area contributed by atoms with Crippen LogP contribution in [0.5, 0.6) is 0 Å². The molecule has 156 valence electrons. The summed E-state index contributed by atoms with van der Waals surface area (Å²) in [6, 6.07) is 17.3. The van der Waals surface area contributed by atoms with Crippen LogP contribution in [-0.4, -0.2) is 12.4 Å². The van der Waals surface area contributed by atoms with Gasteiger partial charge in [-0.25, -0.2) is 0 Å². The van der Waals surface area contributed by atoms with Crippen LogP contribution in [0.4, 0.5) is 0 Å². The van der Waals surface area contributed by atoms with E-state index in [1.165, 1.54) is 29.5 Å². The lowest BCUT2D eigenvalue weighted by Crippen LogP contribution is -2.42. The lowest BCUT2D eigenvalue weighted by Gasteiger charge is -2.48. The van der Waals surface area contributed by atoms with Crippen molar-refractivity contribution in [3.63, 3.8) is 0 Å². The normalized spacial score (nSPS) is 30.2. The number of aryl methyl sites for hydroxylation is 1. The average Bonchev–Trinajstić information content (AvgIpc) is 3.08. The highest BCUT2D eigenvalue weighted by molar-refractivity contribution is 5.87. The highest BCUT2D eigenvalue weighted by atomic mass is 16.5. The van der Waals surface area contributed by atoms with Crippen molar-refractivity contribution in [2.24, 2.45) is 17.3 Å². The van der Waals surface area contributed by atoms with E-state index in [1.807, 2.05) is 18.2 Å². The third kappa shape index (κ3) is 3.56. The number of hydrogen-bond acceptors (Lipinski definition) is 2. The van der Waals surface area contributed by atoms with E-state index in [2.05, 4.69) is 49.4 Å². The van der Waals surface area contributed by atoms with Gasteiger partial charge in [0.25, 0.3) is 0 Å². The highest BCUT2D eigenvalue weighted by Crippen LogP contribution is 2.59. The first kappa shape index (κ1) is 19.8. The molecule has 3 aliphatic carbocycles. The van der Waals surface area contributed by atoms with Gasteiger partial charge in [0.05, 0.1) is 13.2 Å². The first-order chi connectivity index (χ1) is 14.6. The molecule has 0 bridgehead atoms. The van der Waals surface area contributed by atoms with Crippen molar-refractivity contribution in [1.29, 1.82) is 0 Å². The van der Waals surface area contributed by atoms with Crippen LogP contribution < -0.4 is 0 Å². The minimum atomic E-state index is -0.0267. The molecule has 2 heteroatoms. The summed E-state index contributed by atoms with van der Waals surface area (Å²) in [7, 11) is 0. The lowest BCUT2D eigenvalue weighted by atomic mass is 9.55. The number of Topliss-reactive ketones (excluding diaryl/α,β-unsaturated/α-hetero) is 1. The van der Waals surface area contributed by atoms with Crippen LogP contribution in [0.1, 0.15) is 67.2 Å². The second kappa shape index (κ2) is 8.15. The van der Waals surface area contributed by atoms with Crippen molar-refractivity contribution >= 4 is 11.9 Å². The highest BCUT2D eigenvalue weighted by Gasteiger charge is 2.54. The molecule has 0 unspecified atom stereocenters. The van der Waals surface area contributed by atoms with Gasteiger partial charge in [-0.1, -0.05) is 67.6 Å². The van der Waals surface area contributed by atoms with Gasteiger partial charge in [0, 0.05) is 11.8 Å². The Kier molecular flexibility index (Phi) is 5.37. The molecule has 2 saturated carbocycles. The summed E-state index contributed by atoms with van der Waals surface area (Å²) in [5.74, 6) is 2.50. The molecule has 2 aromatic rings. The Morgan fingerprint density at radius 3 is 2.80 bits per heavy atom. The van der Waals surface area contributed by atoms with Gasteiger partial charge in [-0.2, -0.15) is 0 Å². The molecule has 0 radical (unpaired) electrons. The van der Waals surface area contributed by atoms with Crippen LogP contribution in [0, 0.1) is 17.3 Å². The van der Waals surface area contributed by atoms with E-state index in [1.54, 1.807) is 5.56 Å². The maximum absolute atomic E-state index is 12.5. The third-order valence-electron chi connectivity index (χ3n) is 8.10. The first-order valence-corrected chi connectivity index (χ1v) is 11.6.